The summed E-state index contributed by atoms with van der Waals surface area (Å²) in [5.74, 6) is -0.223. The van der Waals surface area contributed by atoms with Gasteiger partial charge in [0.25, 0.3) is 0 Å². The van der Waals surface area contributed by atoms with Crippen LogP contribution in [0.1, 0.15) is 12.5 Å². The summed E-state index contributed by atoms with van der Waals surface area (Å²) in [5.41, 5.74) is 3.64. The van der Waals surface area contributed by atoms with Crippen LogP contribution in [0.15, 0.2) is 48.7 Å². The number of ether oxygens (including phenoxy) is 1. The Morgan fingerprint density at radius 2 is 2.00 bits per heavy atom. The summed E-state index contributed by atoms with van der Waals surface area (Å²) < 4.78 is 5.08. The van der Waals surface area contributed by atoms with Crippen molar-refractivity contribution in [2.75, 3.05) is 6.61 Å². The standard InChI is InChI=1S/C17H16N2O2/c1-2-21-16(20)11-13-12-7-3-4-8-14(12)19-17(13)15-9-5-6-10-18-15/h3-10,19H,2,11H2,1H3. The fraction of sp³-hybridized carbons (Fsp3) is 0.176. The van der Waals surface area contributed by atoms with Crippen LogP contribution in [0.25, 0.3) is 22.3 Å². The third-order valence-electron chi connectivity index (χ3n) is 3.36. The number of hydrogen-bond acceptors (Lipinski definition) is 3. The second kappa shape index (κ2) is 5.79. The van der Waals surface area contributed by atoms with Crippen LogP contribution in [0.2, 0.25) is 0 Å². The molecule has 0 saturated carbocycles. The minimum absolute atomic E-state index is 0.223. The molecule has 21 heavy (non-hydrogen) atoms. The first-order valence-corrected chi connectivity index (χ1v) is 6.96. The lowest BCUT2D eigenvalue weighted by Crippen LogP contribution is -2.08. The zero-order valence-electron chi connectivity index (χ0n) is 11.8. The Morgan fingerprint density at radius 3 is 2.76 bits per heavy atom. The van der Waals surface area contributed by atoms with Crippen LogP contribution >= 0.6 is 0 Å². The van der Waals surface area contributed by atoms with Gasteiger partial charge in [-0.25, -0.2) is 0 Å². The molecule has 106 valence electrons. The van der Waals surface area contributed by atoms with Crippen molar-refractivity contribution in [3.63, 3.8) is 0 Å². The first kappa shape index (κ1) is 13.4. The van der Waals surface area contributed by atoms with Gasteiger partial charge in [0, 0.05) is 17.1 Å². The number of hydrogen-bond donors (Lipinski definition) is 1. The molecule has 4 heteroatoms. The lowest BCUT2D eigenvalue weighted by atomic mass is 10.1. The van der Waals surface area contributed by atoms with Gasteiger partial charge in [-0.1, -0.05) is 24.3 Å². The van der Waals surface area contributed by atoms with Gasteiger partial charge in [-0.2, -0.15) is 0 Å². The number of carbonyl (C=O) groups is 1. The van der Waals surface area contributed by atoms with Gasteiger partial charge < -0.3 is 9.72 Å². The summed E-state index contributed by atoms with van der Waals surface area (Å²) in [4.78, 5) is 19.6. The maximum Gasteiger partial charge on any atom is 0.310 e. The van der Waals surface area contributed by atoms with Gasteiger partial charge in [-0.3, -0.25) is 9.78 Å². The van der Waals surface area contributed by atoms with Crippen LogP contribution in [0, 0.1) is 0 Å². The van der Waals surface area contributed by atoms with Gasteiger partial charge in [0.1, 0.15) is 0 Å². The molecule has 4 nitrogen and oxygen atoms in total. The van der Waals surface area contributed by atoms with E-state index >= 15 is 0 Å². The van der Waals surface area contributed by atoms with Crippen molar-refractivity contribution in [1.82, 2.24) is 9.97 Å². The minimum atomic E-state index is -0.223. The maximum absolute atomic E-state index is 11.9. The fourth-order valence-electron chi connectivity index (χ4n) is 2.47. The SMILES string of the molecule is CCOC(=O)Cc1c(-c2ccccn2)[nH]c2ccccc12. The van der Waals surface area contributed by atoms with E-state index in [1.165, 1.54) is 0 Å². The summed E-state index contributed by atoms with van der Waals surface area (Å²) in [5, 5.41) is 1.03. The summed E-state index contributed by atoms with van der Waals surface area (Å²) in [7, 11) is 0. The quantitative estimate of drug-likeness (QED) is 0.746. The van der Waals surface area contributed by atoms with Crippen molar-refractivity contribution in [1.29, 1.82) is 0 Å². The number of nitrogens with zero attached hydrogens (tertiary/aromatic N) is 1. The number of aromatic amines is 1. The van der Waals surface area contributed by atoms with Gasteiger partial charge >= 0.3 is 5.97 Å². The summed E-state index contributed by atoms with van der Waals surface area (Å²) in [6.07, 6.45) is 1.98. The highest BCUT2D eigenvalue weighted by atomic mass is 16.5. The average Bonchev–Trinajstić information content (AvgIpc) is 2.87. The highest BCUT2D eigenvalue weighted by molar-refractivity contribution is 5.93. The molecule has 0 radical (unpaired) electrons. The number of benzene rings is 1. The van der Waals surface area contributed by atoms with Crippen molar-refractivity contribution < 1.29 is 9.53 Å². The summed E-state index contributed by atoms with van der Waals surface area (Å²) in [6, 6.07) is 13.7. The molecule has 0 spiro atoms. The molecule has 0 unspecified atom stereocenters. The molecule has 0 aliphatic carbocycles. The number of nitrogens with one attached hydrogen (secondary N) is 1. The molecule has 0 aliphatic rings. The Labute approximate surface area is 122 Å². The third-order valence-corrected chi connectivity index (χ3v) is 3.36. The molecule has 3 rings (SSSR count). The van der Waals surface area contributed by atoms with Crippen LogP contribution in [-0.2, 0) is 16.0 Å². The zero-order valence-corrected chi connectivity index (χ0v) is 11.8. The highest BCUT2D eigenvalue weighted by Crippen LogP contribution is 2.29. The monoisotopic (exact) mass is 280 g/mol. The van der Waals surface area contributed by atoms with Crippen LogP contribution in [0.4, 0.5) is 0 Å². The van der Waals surface area contributed by atoms with Crippen molar-refractivity contribution in [2.24, 2.45) is 0 Å². The number of esters is 1. The molecule has 2 aromatic heterocycles. The third kappa shape index (κ3) is 2.65. The van der Waals surface area contributed by atoms with E-state index in [0.29, 0.717) is 6.61 Å². The molecule has 0 saturated heterocycles. The normalized spacial score (nSPS) is 10.7. The van der Waals surface area contributed by atoms with E-state index in [9.17, 15) is 4.79 Å². The van der Waals surface area contributed by atoms with Crippen molar-refractivity contribution in [2.45, 2.75) is 13.3 Å². The van der Waals surface area contributed by atoms with E-state index in [4.69, 9.17) is 4.74 Å². The number of H-pyrrole nitrogens is 1. The maximum atomic E-state index is 11.9. The summed E-state index contributed by atoms with van der Waals surface area (Å²) >= 11 is 0. The van der Waals surface area contributed by atoms with Crippen LogP contribution < -0.4 is 0 Å². The van der Waals surface area contributed by atoms with Gasteiger partial charge in [0.2, 0.25) is 0 Å². The fourth-order valence-corrected chi connectivity index (χ4v) is 2.47. The molecule has 3 aromatic rings. The first-order valence-electron chi connectivity index (χ1n) is 6.96. The van der Waals surface area contributed by atoms with Gasteiger partial charge in [0.05, 0.1) is 24.4 Å². The number of carbonyl (C=O) groups excluding carboxylic acids is 1. The Balaban J connectivity index is 2.12. The zero-order chi connectivity index (χ0) is 14.7. The molecule has 0 amide bonds. The number of rotatable bonds is 4. The summed E-state index contributed by atoms with van der Waals surface area (Å²) in [6.45, 7) is 2.20. The Kier molecular flexibility index (Phi) is 3.69. The average molecular weight is 280 g/mol. The molecule has 2 heterocycles. The topological polar surface area (TPSA) is 55.0 Å². The highest BCUT2D eigenvalue weighted by Gasteiger charge is 2.17. The molecule has 0 fully saturated rings. The van der Waals surface area contributed by atoms with Gasteiger partial charge in [0.15, 0.2) is 0 Å². The number of para-hydroxylation sites is 1. The molecular weight excluding hydrogens is 264 g/mol. The van der Waals surface area contributed by atoms with E-state index in [0.717, 1.165) is 27.9 Å². The van der Waals surface area contributed by atoms with E-state index in [1.807, 2.05) is 49.4 Å². The van der Waals surface area contributed by atoms with Crippen LogP contribution in [0.3, 0.4) is 0 Å². The predicted octanol–water partition coefficient (Wildman–Crippen LogP) is 3.34. The van der Waals surface area contributed by atoms with Crippen LogP contribution in [-0.4, -0.2) is 22.5 Å². The molecule has 1 aromatic carbocycles. The van der Waals surface area contributed by atoms with E-state index in [-0.39, 0.29) is 12.4 Å². The van der Waals surface area contributed by atoms with Crippen molar-refractivity contribution in [3.8, 4) is 11.4 Å². The van der Waals surface area contributed by atoms with Gasteiger partial charge in [-0.05, 0) is 30.7 Å². The Morgan fingerprint density at radius 1 is 1.19 bits per heavy atom. The van der Waals surface area contributed by atoms with Crippen LogP contribution in [0.5, 0.6) is 0 Å². The largest absolute Gasteiger partial charge is 0.466 e. The lowest BCUT2D eigenvalue weighted by molar-refractivity contribution is -0.142. The number of pyridine rings is 1. The minimum Gasteiger partial charge on any atom is -0.466 e. The molecular formula is C17H16N2O2. The molecule has 0 bridgehead atoms. The van der Waals surface area contributed by atoms with Crippen molar-refractivity contribution in [3.05, 3.63) is 54.2 Å². The van der Waals surface area contributed by atoms with E-state index < -0.39 is 0 Å². The van der Waals surface area contributed by atoms with Crippen molar-refractivity contribution >= 4 is 16.9 Å². The Hall–Kier alpha value is -2.62. The predicted molar refractivity (Wildman–Crippen MR) is 81.9 cm³/mol. The number of fused-ring (bicyclic) bond motifs is 1. The smallest absolute Gasteiger partial charge is 0.310 e. The number of aromatic nitrogens is 2. The molecule has 0 aliphatic heterocycles. The second-order valence-corrected chi connectivity index (χ2v) is 4.72. The van der Waals surface area contributed by atoms with E-state index in [2.05, 4.69) is 9.97 Å². The molecule has 0 atom stereocenters. The Bertz CT molecular complexity index is 763. The van der Waals surface area contributed by atoms with E-state index in [1.54, 1.807) is 6.20 Å². The lowest BCUT2D eigenvalue weighted by Gasteiger charge is -2.04. The van der Waals surface area contributed by atoms with Gasteiger partial charge in [-0.15, -0.1) is 0 Å². The molecule has 1 N–H and O–H groups in total. The second-order valence-electron chi connectivity index (χ2n) is 4.72. The first-order chi connectivity index (χ1) is 10.3.